The third kappa shape index (κ3) is 6.20. The molecule has 0 atom stereocenters. The van der Waals surface area contributed by atoms with Gasteiger partial charge in [-0.25, -0.2) is 0 Å². The Kier molecular flexibility index (Phi) is 8.17. The molecule has 46 heavy (non-hydrogen) atoms. The van der Waals surface area contributed by atoms with Gasteiger partial charge in [0.15, 0.2) is 0 Å². The molecule has 0 aromatic heterocycles. The Morgan fingerprint density at radius 3 is 1.48 bits per heavy atom. The molecule has 2 nitrogen and oxygen atoms in total. The zero-order chi connectivity index (χ0) is 31.3. The van der Waals surface area contributed by atoms with Crippen molar-refractivity contribution in [1.29, 1.82) is 0 Å². The number of rotatable bonds is 8. The molecule has 0 aliphatic rings. The topological polar surface area (TPSA) is 6.48 Å². The molecule has 7 rings (SSSR count). The zero-order valence-corrected chi connectivity index (χ0v) is 26.2. The standard InChI is InChI=1S/C44H36N2/c1-33-16-25-41(26-17-33)46(44-15-9-6-10-34(44)2)42-29-22-36(23-30-42)19-18-35-20-27-40(28-21-35)45(39-13-4-3-5-14-39)43-31-24-37-11-7-8-12-38(37)32-43/h3-32H,1-2H3/b19-18+. The molecular weight excluding hydrogens is 556 g/mol. The van der Waals surface area contributed by atoms with E-state index < -0.39 is 0 Å². The van der Waals surface area contributed by atoms with Gasteiger partial charge in [-0.2, -0.15) is 0 Å². The predicted molar refractivity (Wildman–Crippen MR) is 198 cm³/mol. The summed E-state index contributed by atoms with van der Waals surface area (Å²) < 4.78 is 0. The predicted octanol–water partition coefficient (Wildman–Crippen LogP) is 12.6. The highest BCUT2D eigenvalue weighted by molar-refractivity contribution is 5.89. The molecule has 0 unspecified atom stereocenters. The molecule has 0 heterocycles. The van der Waals surface area contributed by atoms with Crippen LogP contribution in [0.5, 0.6) is 0 Å². The lowest BCUT2D eigenvalue weighted by Gasteiger charge is -2.27. The van der Waals surface area contributed by atoms with E-state index in [0.29, 0.717) is 0 Å². The van der Waals surface area contributed by atoms with Crippen molar-refractivity contribution in [3.05, 3.63) is 192 Å². The fraction of sp³-hybridized carbons (Fsp3) is 0.0455. The fourth-order valence-corrected chi connectivity index (χ4v) is 5.94. The number of benzene rings is 7. The van der Waals surface area contributed by atoms with Crippen LogP contribution in [0.1, 0.15) is 22.3 Å². The van der Waals surface area contributed by atoms with Crippen LogP contribution in [-0.2, 0) is 0 Å². The van der Waals surface area contributed by atoms with E-state index in [0.717, 1.165) is 39.6 Å². The van der Waals surface area contributed by atoms with Crippen molar-refractivity contribution >= 4 is 57.0 Å². The van der Waals surface area contributed by atoms with Crippen LogP contribution in [-0.4, -0.2) is 0 Å². The first kappa shape index (κ1) is 28.9. The summed E-state index contributed by atoms with van der Waals surface area (Å²) >= 11 is 0. The van der Waals surface area contributed by atoms with Crippen LogP contribution in [0.25, 0.3) is 22.9 Å². The maximum Gasteiger partial charge on any atom is 0.0490 e. The SMILES string of the molecule is Cc1ccc(N(c2ccc(/C=C/c3ccc(N(c4ccccc4)c4ccc5ccccc5c4)cc3)cc2)c2ccccc2C)cc1. The summed E-state index contributed by atoms with van der Waals surface area (Å²) in [5.41, 5.74) is 11.7. The number of fused-ring (bicyclic) bond motifs is 1. The lowest BCUT2D eigenvalue weighted by molar-refractivity contribution is 1.24. The molecule has 2 heteroatoms. The van der Waals surface area contributed by atoms with Crippen molar-refractivity contribution in [3.8, 4) is 0 Å². The lowest BCUT2D eigenvalue weighted by Crippen LogP contribution is -2.11. The van der Waals surface area contributed by atoms with Gasteiger partial charge in [-0.1, -0.05) is 121 Å². The Morgan fingerprint density at radius 1 is 0.370 bits per heavy atom. The third-order valence-corrected chi connectivity index (χ3v) is 8.42. The molecule has 0 fully saturated rings. The second-order valence-corrected chi connectivity index (χ2v) is 11.7. The van der Waals surface area contributed by atoms with Crippen LogP contribution in [0.3, 0.4) is 0 Å². The van der Waals surface area contributed by atoms with Gasteiger partial charge < -0.3 is 9.80 Å². The maximum absolute atomic E-state index is 2.33. The number of hydrogen-bond donors (Lipinski definition) is 0. The van der Waals surface area contributed by atoms with Gasteiger partial charge >= 0.3 is 0 Å². The van der Waals surface area contributed by atoms with E-state index in [1.54, 1.807) is 0 Å². The van der Waals surface area contributed by atoms with Gasteiger partial charge in [0.2, 0.25) is 0 Å². The number of para-hydroxylation sites is 2. The first-order valence-electron chi connectivity index (χ1n) is 15.8. The molecule has 222 valence electrons. The van der Waals surface area contributed by atoms with Crippen molar-refractivity contribution in [2.45, 2.75) is 13.8 Å². The van der Waals surface area contributed by atoms with Gasteiger partial charge in [0.05, 0.1) is 0 Å². The van der Waals surface area contributed by atoms with Crippen LogP contribution in [0.4, 0.5) is 34.1 Å². The Hall–Kier alpha value is -5.86. The van der Waals surface area contributed by atoms with E-state index in [1.807, 2.05) is 0 Å². The molecule has 0 aliphatic heterocycles. The summed E-state index contributed by atoms with van der Waals surface area (Å²) in [6.07, 6.45) is 4.36. The van der Waals surface area contributed by atoms with Crippen molar-refractivity contribution in [2.75, 3.05) is 9.80 Å². The molecule has 0 aliphatic carbocycles. The molecule has 0 bridgehead atoms. The number of aryl methyl sites for hydroxylation is 2. The smallest absolute Gasteiger partial charge is 0.0490 e. The number of hydrogen-bond acceptors (Lipinski definition) is 2. The zero-order valence-electron chi connectivity index (χ0n) is 26.2. The summed E-state index contributed by atoms with van der Waals surface area (Å²) in [4.78, 5) is 4.64. The van der Waals surface area contributed by atoms with Gasteiger partial charge in [0.1, 0.15) is 0 Å². The van der Waals surface area contributed by atoms with E-state index in [2.05, 4.69) is 206 Å². The summed E-state index contributed by atoms with van der Waals surface area (Å²) in [5, 5.41) is 2.47. The quantitative estimate of drug-likeness (QED) is 0.162. The third-order valence-electron chi connectivity index (χ3n) is 8.42. The van der Waals surface area contributed by atoms with Crippen molar-refractivity contribution in [2.24, 2.45) is 0 Å². The second kappa shape index (κ2) is 13.0. The summed E-state index contributed by atoms with van der Waals surface area (Å²) in [6, 6.07) is 60.6. The highest BCUT2D eigenvalue weighted by Gasteiger charge is 2.15. The van der Waals surface area contributed by atoms with Gasteiger partial charge in [-0.05, 0) is 108 Å². The number of nitrogens with zero attached hydrogens (tertiary/aromatic N) is 2. The van der Waals surface area contributed by atoms with Crippen molar-refractivity contribution in [3.63, 3.8) is 0 Å². The second-order valence-electron chi connectivity index (χ2n) is 11.7. The van der Waals surface area contributed by atoms with E-state index in [9.17, 15) is 0 Å². The first-order valence-corrected chi connectivity index (χ1v) is 15.8. The van der Waals surface area contributed by atoms with Gasteiger partial charge in [-0.3, -0.25) is 0 Å². The molecule has 0 saturated carbocycles. The van der Waals surface area contributed by atoms with Crippen molar-refractivity contribution < 1.29 is 0 Å². The molecule has 0 radical (unpaired) electrons. The Bertz CT molecular complexity index is 2090. The minimum absolute atomic E-state index is 1.12. The normalized spacial score (nSPS) is 11.2. The molecule has 0 amide bonds. The Morgan fingerprint density at radius 2 is 0.848 bits per heavy atom. The summed E-state index contributed by atoms with van der Waals surface area (Å²) in [6.45, 7) is 4.29. The molecule has 0 saturated heterocycles. The molecular formula is C44H36N2. The average Bonchev–Trinajstić information content (AvgIpc) is 3.11. The molecule has 7 aromatic carbocycles. The molecule has 0 spiro atoms. The van der Waals surface area contributed by atoms with Crippen molar-refractivity contribution in [1.82, 2.24) is 0 Å². The van der Waals surface area contributed by atoms with Crippen LogP contribution < -0.4 is 9.80 Å². The minimum Gasteiger partial charge on any atom is -0.310 e. The van der Waals surface area contributed by atoms with E-state index in [1.165, 1.54) is 27.6 Å². The van der Waals surface area contributed by atoms with Crippen LogP contribution in [0, 0.1) is 13.8 Å². The molecule has 0 N–H and O–H groups in total. The van der Waals surface area contributed by atoms with Gasteiger partial charge in [0, 0.05) is 34.1 Å². The largest absolute Gasteiger partial charge is 0.310 e. The maximum atomic E-state index is 2.33. The van der Waals surface area contributed by atoms with Crippen LogP contribution in [0.15, 0.2) is 170 Å². The van der Waals surface area contributed by atoms with Crippen LogP contribution in [0.2, 0.25) is 0 Å². The minimum atomic E-state index is 1.12. The summed E-state index contributed by atoms with van der Waals surface area (Å²) in [7, 11) is 0. The highest BCUT2D eigenvalue weighted by Crippen LogP contribution is 2.38. The van der Waals surface area contributed by atoms with Crippen LogP contribution >= 0.6 is 0 Å². The lowest BCUT2D eigenvalue weighted by atomic mass is 10.1. The average molecular weight is 593 g/mol. The summed E-state index contributed by atoms with van der Waals surface area (Å²) in [5.74, 6) is 0. The fourth-order valence-electron chi connectivity index (χ4n) is 5.94. The molecule has 7 aromatic rings. The first-order chi connectivity index (χ1) is 22.6. The van der Waals surface area contributed by atoms with E-state index in [-0.39, 0.29) is 0 Å². The Balaban J connectivity index is 1.14. The highest BCUT2D eigenvalue weighted by atomic mass is 15.1. The Labute approximate surface area is 272 Å². The van der Waals surface area contributed by atoms with E-state index in [4.69, 9.17) is 0 Å². The number of anilines is 6. The van der Waals surface area contributed by atoms with Gasteiger partial charge in [0.25, 0.3) is 0 Å². The van der Waals surface area contributed by atoms with E-state index >= 15 is 0 Å². The van der Waals surface area contributed by atoms with Gasteiger partial charge in [-0.15, -0.1) is 0 Å². The monoisotopic (exact) mass is 592 g/mol.